The maximum Gasteiger partial charge on any atom is 0.346 e. The fourth-order valence-corrected chi connectivity index (χ4v) is 0.374. The average molecular weight is 114 g/mol. The van der Waals surface area contributed by atoms with Crippen molar-refractivity contribution in [3.05, 3.63) is 12.3 Å². The molecule has 2 radical (unpaired) electrons. The highest BCUT2D eigenvalue weighted by molar-refractivity contribution is 6.36. The molecule has 2 nitrogen and oxygen atoms in total. The topological polar surface area (TPSA) is 26.3 Å². The molecule has 0 unspecified atom stereocenters. The lowest BCUT2D eigenvalue weighted by Gasteiger charge is -1.88. The van der Waals surface area contributed by atoms with Gasteiger partial charge in [0.05, 0.1) is 0 Å². The van der Waals surface area contributed by atoms with Crippen LogP contribution in [-0.4, -0.2) is 15.7 Å². The monoisotopic (exact) mass is 114 g/mol. The Morgan fingerprint density at radius 3 is 2.71 bits per heavy atom. The summed E-state index contributed by atoms with van der Waals surface area (Å²) in [7, 11) is 0.110. The molecule has 0 rings (SSSR count). The molecule has 3 heteroatoms. The second kappa shape index (κ2) is 3.61. The van der Waals surface area contributed by atoms with E-state index in [0.717, 1.165) is 0 Å². The predicted molar refractivity (Wildman–Crippen MR) is 27.7 cm³/mol. The lowest BCUT2D eigenvalue weighted by Crippen LogP contribution is -2.00. The molecule has 0 fully saturated rings. The van der Waals surface area contributed by atoms with Crippen LogP contribution in [0.15, 0.2) is 12.3 Å². The fraction of sp³-hybridized carbons (Fsp3) is 0.250. The first-order valence-electron chi connectivity index (χ1n) is 1.81. The third kappa shape index (κ3) is 5.43. The molecule has 0 aromatic rings. The summed E-state index contributed by atoms with van der Waals surface area (Å²) in [5, 5.41) is 0. The lowest BCUT2D eigenvalue weighted by molar-refractivity contribution is -0.131. The molecule has 0 saturated carbocycles. The Kier molecular flexibility index (Phi) is 3.32. The first-order chi connectivity index (χ1) is 3.27. The quantitative estimate of drug-likeness (QED) is 0.483. The van der Waals surface area contributed by atoms with E-state index in [1.54, 1.807) is 5.70 Å². The van der Waals surface area contributed by atoms with Gasteiger partial charge in [-0.05, 0) is 0 Å². The Morgan fingerprint density at radius 1 is 2.00 bits per heavy atom. The van der Waals surface area contributed by atoms with E-state index in [2.05, 4.69) is 11.0 Å². The molecule has 0 spiro atoms. The van der Waals surface area contributed by atoms with E-state index >= 15 is 0 Å². The van der Waals surface area contributed by atoms with Gasteiger partial charge >= 0.3 is 9.76 Å². The molecule has 0 N–H and O–H groups in total. The molecule has 0 amide bonds. The minimum absolute atomic E-state index is 0.110. The van der Waals surface area contributed by atoms with Crippen LogP contribution in [0.2, 0.25) is 0 Å². The summed E-state index contributed by atoms with van der Waals surface area (Å²) < 4.78 is 4.46. The van der Waals surface area contributed by atoms with Gasteiger partial charge in [-0.1, -0.05) is 5.70 Å². The van der Waals surface area contributed by atoms with Gasteiger partial charge in [0.1, 0.15) is 0 Å². The zero-order chi connectivity index (χ0) is 5.70. The molecule has 0 atom stereocenters. The summed E-state index contributed by atoms with van der Waals surface area (Å²) in [6.07, 6.45) is 0. The summed E-state index contributed by atoms with van der Waals surface area (Å²) in [6.45, 7) is 4.74. The van der Waals surface area contributed by atoms with Crippen molar-refractivity contribution in [3.63, 3.8) is 0 Å². The molecule has 0 aliphatic heterocycles. The zero-order valence-electron chi connectivity index (χ0n) is 4.10. The van der Waals surface area contributed by atoms with Crippen LogP contribution in [0.4, 0.5) is 0 Å². The van der Waals surface area contributed by atoms with Crippen LogP contribution in [0, 0.1) is 0 Å². The molecule has 0 heterocycles. The van der Waals surface area contributed by atoms with Crippen molar-refractivity contribution < 1.29 is 9.22 Å². The largest absolute Gasteiger partial charge is 0.512 e. The van der Waals surface area contributed by atoms with Gasteiger partial charge in [-0.2, -0.15) is 0 Å². The normalized spacial score (nSPS) is 7.57. The number of carbonyl (C=O) groups is 1. The minimum atomic E-state index is -0.252. The molecule has 0 aliphatic rings. The van der Waals surface area contributed by atoms with E-state index < -0.39 is 0 Å². The van der Waals surface area contributed by atoms with Crippen molar-refractivity contribution in [2.45, 2.75) is 6.92 Å². The van der Waals surface area contributed by atoms with E-state index in [0.29, 0.717) is 0 Å². The van der Waals surface area contributed by atoms with Crippen LogP contribution < -0.4 is 0 Å². The minimum Gasteiger partial charge on any atom is -0.512 e. The summed E-state index contributed by atoms with van der Waals surface area (Å²) in [5.41, 5.74) is 1.56. The maximum atomic E-state index is 9.94. The Hall–Kier alpha value is -0.573. The summed E-state index contributed by atoms with van der Waals surface area (Å²) >= 11 is 0. The highest BCUT2D eigenvalue weighted by Crippen LogP contribution is 1.69. The molecule has 0 aliphatic carbocycles. The van der Waals surface area contributed by atoms with Gasteiger partial charge in [0.2, 0.25) is 0 Å². The predicted octanol–water partition coefficient (Wildman–Crippen LogP) is 0.312. The fourth-order valence-electron chi connectivity index (χ4n) is 0.125. The van der Waals surface area contributed by atoms with E-state index in [1.165, 1.54) is 6.92 Å². The Morgan fingerprint density at radius 2 is 2.57 bits per heavy atom. The smallest absolute Gasteiger partial charge is 0.346 e. The number of hydrogen-bond donors (Lipinski definition) is 0. The Labute approximate surface area is 45.1 Å². The molecular formula is C4H6O2Si. The first kappa shape index (κ1) is 6.43. The lowest BCUT2D eigenvalue weighted by atomic mass is 10.9. The highest BCUT2D eigenvalue weighted by atomic mass is 28.2. The molecule has 0 bridgehead atoms. The van der Waals surface area contributed by atoms with Crippen LogP contribution in [0.3, 0.4) is 0 Å². The summed E-state index contributed by atoms with van der Waals surface area (Å²) in [4.78, 5) is 9.94. The third-order valence-electron chi connectivity index (χ3n) is 0.286. The van der Waals surface area contributed by atoms with Crippen molar-refractivity contribution in [3.8, 4) is 0 Å². The SMILES string of the molecule is C=C[Si]OC(C)=O. The Bertz CT molecular complexity index is 79.8. The van der Waals surface area contributed by atoms with Gasteiger partial charge < -0.3 is 4.43 Å². The van der Waals surface area contributed by atoms with E-state index in [1.807, 2.05) is 0 Å². The van der Waals surface area contributed by atoms with Crippen LogP contribution in [0.5, 0.6) is 0 Å². The van der Waals surface area contributed by atoms with Gasteiger partial charge in [0, 0.05) is 6.92 Å². The van der Waals surface area contributed by atoms with Crippen molar-refractivity contribution in [1.82, 2.24) is 0 Å². The summed E-state index contributed by atoms with van der Waals surface area (Å²) in [6, 6.07) is 0. The van der Waals surface area contributed by atoms with E-state index in [9.17, 15) is 4.79 Å². The molecular weight excluding hydrogens is 108 g/mol. The Balaban J connectivity index is 2.97. The molecule has 0 saturated heterocycles. The van der Waals surface area contributed by atoms with E-state index in [4.69, 9.17) is 0 Å². The number of carbonyl (C=O) groups excluding carboxylic acids is 1. The number of rotatable bonds is 2. The van der Waals surface area contributed by atoms with Crippen molar-refractivity contribution in [2.24, 2.45) is 0 Å². The van der Waals surface area contributed by atoms with Crippen molar-refractivity contribution in [1.29, 1.82) is 0 Å². The van der Waals surface area contributed by atoms with Gasteiger partial charge in [-0.25, -0.2) is 0 Å². The second-order valence-corrected chi connectivity index (χ2v) is 1.76. The molecule has 0 aromatic carbocycles. The van der Waals surface area contributed by atoms with Gasteiger partial charge in [0.25, 0.3) is 5.97 Å². The highest BCUT2D eigenvalue weighted by Gasteiger charge is 1.86. The van der Waals surface area contributed by atoms with Crippen LogP contribution in [0.1, 0.15) is 6.92 Å². The molecule has 7 heavy (non-hydrogen) atoms. The van der Waals surface area contributed by atoms with Crippen molar-refractivity contribution in [2.75, 3.05) is 0 Å². The standard InChI is InChI=1S/C4H6O2Si/c1-3-7-6-4(2)5/h3H,1H2,2H3. The maximum absolute atomic E-state index is 9.94. The van der Waals surface area contributed by atoms with Crippen molar-refractivity contribution >= 4 is 15.7 Å². The summed E-state index contributed by atoms with van der Waals surface area (Å²) in [5.74, 6) is -0.252. The second-order valence-electron chi connectivity index (χ2n) is 0.916. The third-order valence-corrected chi connectivity index (χ3v) is 0.858. The van der Waals surface area contributed by atoms with Gasteiger partial charge in [0.15, 0.2) is 0 Å². The first-order valence-corrected chi connectivity index (χ1v) is 2.79. The molecule has 38 valence electrons. The molecule has 0 aromatic heterocycles. The zero-order valence-corrected chi connectivity index (χ0v) is 5.10. The van der Waals surface area contributed by atoms with E-state index in [-0.39, 0.29) is 15.7 Å². The van der Waals surface area contributed by atoms with Crippen LogP contribution >= 0.6 is 0 Å². The van der Waals surface area contributed by atoms with Gasteiger partial charge in [-0.3, -0.25) is 4.79 Å². The number of hydrogen-bond acceptors (Lipinski definition) is 2. The van der Waals surface area contributed by atoms with Gasteiger partial charge in [-0.15, -0.1) is 6.58 Å². The average Bonchev–Trinajstić information content (AvgIpc) is 1.61. The van der Waals surface area contributed by atoms with Crippen LogP contribution in [-0.2, 0) is 9.22 Å². The van der Waals surface area contributed by atoms with Crippen LogP contribution in [0.25, 0.3) is 0 Å².